The van der Waals surface area contributed by atoms with E-state index in [4.69, 9.17) is 9.52 Å². The first kappa shape index (κ1) is 21.4. The van der Waals surface area contributed by atoms with Crippen LogP contribution in [0, 0.1) is 16.4 Å². The van der Waals surface area contributed by atoms with Gasteiger partial charge in [0, 0.05) is 47.3 Å². The number of halogens is 2. The Hall–Kier alpha value is -3.46. The van der Waals surface area contributed by atoms with Crippen molar-refractivity contribution < 1.29 is 17.7 Å². The van der Waals surface area contributed by atoms with Crippen LogP contribution in [0.15, 0.2) is 59.7 Å². The zero-order valence-corrected chi connectivity index (χ0v) is 18.5. The van der Waals surface area contributed by atoms with E-state index in [1.54, 1.807) is 43.7 Å². The summed E-state index contributed by atoms with van der Waals surface area (Å²) in [6, 6.07) is 9.91. The Bertz CT molecular complexity index is 1550. The molecule has 1 aliphatic rings. The van der Waals surface area contributed by atoms with Crippen LogP contribution < -0.4 is 10.3 Å². The fourth-order valence-electron chi connectivity index (χ4n) is 3.94. The molecule has 9 heteroatoms. The van der Waals surface area contributed by atoms with Crippen LogP contribution in [0.4, 0.5) is 8.78 Å². The molecule has 0 aliphatic heterocycles. The molecule has 2 aromatic carbocycles. The first-order valence-electron chi connectivity index (χ1n) is 10.4. The van der Waals surface area contributed by atoms with Crippen LogP contribution in [-0.4, -0.2) is 19.0 Å². The van der Waals surface area contributed by atoms with Gasteiger partial charge in [-0.05, 0) is 48.7 Å². The minimum atomic E-state index is -2.77. The highest BCUT2D eigenvalue weighted by Crippen LogP contribution is 2.39. The van der Waals surface area contributed by atoms with Crippen molar-refractivity contribution in [2.24, 2.45) is 7.05 Å². The molecule has 6 nitrogen and oxygen atoms in total. The van der Waals surface area contributed by atoms with Crippen LogP contribution in [0.1, 0.15) is 18.4 Å². The second-order valence-corrected chi connectivity index (χ2v) is 10.7. The van der Waals surface area contributed by atoms with Crippen molar-refractivity contribution in [3.8, 4) is 22.6 Å². The number of hydrogen-bond donors (Lipinski definition) is 2. The third-order valence-electron chi connectivity index (χ3n) is 5.79. The van der Waals surface area contributed by atoms with Crippen molar-refractivity contribution in [2.45, 2.75) is 23.8 Å². The molecule has 2 aromatic heterocycles. The number of fused-ring (bicyclic) bond motifs is 1. The molecule has 1 unspecified atom stereocenters. The lowest BCUT2D eigenvalue weighted by molar-refractivity contribution is 0.439. The fraction of sp³-hybridized carbons (Fsp3) is 0.208. The topological polar surface area (TPSA) is 87.9 Å². The van der Waals surface area contributed by atoms with Crippen molar-refractivity contribution in [3.05, 3.63) is 82.4 Å². The zero-order chi connectivity index (χ0) is 23.3. The highest BCUT2D eigenvalue weighted by molar-refractivity contribution is 7.92. The number of nitrogens with zero attached hydrogens (tertiary/aromatic N) is 1. The predicted octanol–water partition coefficient (Wildman–Crippen LogP) is 5.31. The van der Waals surface area contributed by atoms with Gasteiger partial charge in [0.15, 0.2) is 11.6 Å². The summed E-state index contributed by atoms with van der Waals surface area (Å²) in [7, 11) is -1.15. The van der Waals surface area contributed by atoms with Gasteiger partial charge in [-0.2, -0.15) is 0 Å². The van der Waals surface area contributed by atoms with Gasteiger partial charge in [0.1, 0.15) is 17.1 Å². The molecule has 33 heavy (non-hydrogen) atoms. The number of hydrogen-bond acceptors (Lipinski definition) is 4. The number of pyridine rings is 1. The van der Waals surface area contributed by atoms with E-state index in [1.807, 2.05) is 0 Å². The van der Waals surface area contributed by atoms with Gasteiger partial charge in [-0.15, -0.1) is 0 Å². The summed E-state index contributed by atoms with van der Waals surface area (Å²) in [6.45, 7) is 0. The molecule has 1 fully saturated rings. The molecule has 5 rings (SSSR count). The maximum absolute atomic E-state index is 14.3. The van der Waals surface area contributed by atoms with Gasteiger partial charge in [0.2, 0.25) is 0 Å². The van der Waals surface area contributed by atoms with E-state index in [2.05, 4.69) is 4.98 Å². The van der Waals surface area contributed by atoms with Gasteiger partial charge < -0.3 is 14.3 Å². The summed E-state index contributed by atoms with van der Waals surface area (Å²) in [6.07, 6.45) is 4.91. The highest BCUT2D eigenvalue weighted by Gasteiger charge is 2.32. The fourth-order valence-corrected chi connectivity index (χ4v) is 5.75. The van der Waals surface area contributed by atoms with Gasteiger partial charge in [0.05, 0.1) is 15.5 Å². The van der Waals surface area contributed by atoms with E-state index in [0.717, 1.165) is 25.0 Å². The van der Waals surface area contributed by atoms with E-state index in [0.29, 0.717) is 27.6 Å². The number of nitrogens with one attached hydrogen (secondary N) is 2. The molecule has 1 saturated carbocycles. The Labute approximate surface area is 188 Å². The van der Waals surface area contributed by atoms with Gasteiger partial charge in [-0.3, -0.25) is 9.57 Å². The minimum absolute atomic E-state index is 0.0842. The maximum Gasteiger partial charge on any atom is 0.274 e. The molecule has 170 valence electrons. The van der Waals surface area contributed by atoms with Crippen molar-refractivity contribution in [2.75, 3.05) is 0 Å². The summed E-state index contributed by atoms with van der Waals surface area (Å²) < 4.78 is 56.0. The van der Waals surface area contributed by atoms with Crippen molar-refractivity contribution >= 4 is 20.6 Å². The number of rotatable bonds is 6. The third kappa shape index (κ3) is 4.04. The highest BCUT2D eigenvalue weighted by atomic mass is 32.2. The number of aromatic amines is 1. The minimum Gasteiger partial charge on any atom is -0.454 e. The van der Waals surface area contributed by atoms with Crippen LogP contribution in [0.25, 0.3) is 22.0 Å². The smallest absolute Gasteiger partial charge is 0.274 e. The third-order valence-corrected chi connectivity index (χ3v) is 8.10. The van der Waals surface area contributed by atoms with Crippen molar-refractivity contribution in [1.29, 1.82) is 4.78 Å². The Kier molecular flexibility index (Phi) is 5.08. The summed E-state index contributed by atoms with van der Waals surface area (Å²) in [5, 5.41) is 0.563. The van der Waals surface area contributed by atoms with Crippen LogP contribution in [0.5, 0.6) is 11.5 Å². The second-order valence-electron chi connectivity index (χ2n) is 8.30. The Morgan fingerprint density at radius 2 is 1.88 bits per heavy atom. The predicted molar refractivity (Wildman–Crippen MR) is 123 cm³/mol. The van der Waals surface area contributed by atoms with Crippen molar-refractivity contribution in [3.63, 3.8) is 0 Å². The largest absolute Gasteiger partial charge is 0.454 e. The number of H-pyrrole nitrogens is 1. The first-order chi connectivity index (χ1) is 15.7. The average molecular weight is 470 g/mol. The summed E-state index contributed by atoms with van der Waals surface area (Å²) in [5.41, 5.74) is 2.07. The molecule has 0 radical (unpaired) electrons. The standard InChI is InChI=1S/C24H21F2N3O3S/c1-29-12-19(17-8-9-28-23(17)24(29)30)18-10-14(13-33(27,31)16-4-5-16)2-6-21(18)32-22-7-3-15(25)11-20(22)26/h2-3,6-12,16,27-28H,4-5,13H2,1H3. The number of ether oxygens (including phenoxy) is 1. The van der Waals surface area contributed by atoms with Gasteiger partial charge in [0.25, 0.3) is 5.56 Å². The summed E-state index contributed by atoms with van der Waals surface area (Å²) >= 11 is 0. The lowest BCUT2D eigenvalue weighted by Crippen LogP contribution is -2.16. The zero-order valence-electron chi connectivity index (χ0n) is 17.7. The molecule has 0 amide bonds. The molecule has 1 aliphatic carbocycles. The van der Waals surface area contributed by atoms with E-state index in [-0.39, 0.29) is 28.1 Å². The monoisotopic (exact) mass is 469 g/mol. The van der Waals surface area contributed by atoms with Crippen LogP contribution in [0.3, 0.4) is 0 Å². The molecule has 2 N–H and O–H groups in total. The lowest BCUT2D eigenvalue weighted by atomic mass is 10.0. The Morgan fingerprint density at radius 3 is 2.61 bits per heavy atom. The molecule has 1 atom stereocenters. The van der Waals surface area contributed by atoms with Crippen LogP contribution in [0.2, 0.25) is 0 Å². The molecular weight excluding hydrogens is 448 g/mol. The normalized spacial score (nSPS) is 15.5. The lowest BCUT2D eigenvalue weighted by Gasteiger charge is -2.16. The maximum atomic E-state index is 14.3. The van der Waals surface area contributed by atoms with E-state index in [9.17, 15) is 17.8 Å². The SMILES string of the molecule is Cn1cc(-c2cc(CS(=N)(=O)C3CC3)ccc2Oc2ccc(F)cc2F)c2cc[nH]c2c1=O. The van der Waals surface area contributed by atoms with Gasteiger partial charge in [-0.25, -0.2) is 13.0 Å². The molecule has 2 heterocycles. The summed E-state index contributed by atoms with van der Waals surface area (Å²) in [4.78, 5) is 15.5. The second kappa shape index (κ2) is 7.84. The van der Waals surface area contributed by atoms with Crippen molar-refractivity contribution in [1.82, 2.24) is 9.55 Å². The van der Waals surface area contributed by atoms with E-state index in [1.165, 1.54) is 10.6 Å². The van der Waals surface area contributed by atoms with Crippen LogP contribution in [-0.2, 0) is 22.5 Å². The molecule has 4 aromatic rings. The first-order valence-corrected chi connectivity index (χ1v) is 12.2. The average Bonchev–Trinajstić information content (AvgIpc) is 3.52. The van der Waals surface area contributed by atoms with Gasteiger partial charge >= 0.3 is 0 Å². The number of aromatic nitrogens is 2. The molecule has 0 bridgehead atoms. The van der Waals surface area contributed by atoms with E-state index >= 15 is 0 Å². The van der Waals surface area contributed by atoms with Gasteiger partial charge in [-0.1, -0.05) is 6.07 Å². The van der Waals surface area contributed by atoms with E-state index < -0.39 is 21.4 Å². The number of benzene rings is 2. The Morgan fingerprint density at radius 1 is 1.12 bits per heavy atom. The molecule has 0 spiro atoms. The quantitative estimate of drug-likeness (QED) is 0.401. The van der Waals surface area contributed by atoms with Crippen LogP contribution >= 0.6 is 0 Å². The Balaban J connectivity index is 1.67. The summed E-state index contributed by atoms with van der Waals surface area (Å²) in [5.74, 6) is -1.33. The number of aryl methyl sites for hydroxylation is 1. The molecule has 0 saturated heterocycles. The molecular formula is C24H21F2N3O3S.